The number of nitro groups is 1. The number of carbonyl (C=O) groups is 2. The van der Waals surface area contributed by atoms with E-state index in [-0.39, 0.29) is 11.3 Å². The molecule has 1 atom stereocenters. The summed E-state index contributed by atoms with van der Waals surface area (Å²) in [4.78, 5) is 36.1. The quantitative estimate of drug-likeness (QED) is 0.174. The molecule has 0 aliphatic heterocycles. The fourth-order valence-electron chi connectivity index (χ4n) is 2.58. The highest BCUT2D eigenvalue weighted by Gasteiger charge is 2.24. The van der Waals surface area contributed by atoms with Gasteiger partial charge >= 0.3 is 5.97 Å². The summed E-state index contributed by atoms with van der Waals surface area (Å²) in [5, 5.41) is 10.1. The zero-order chi connectivity index (χ0) is 20.6. The summed E-state index contributed by atoms with van der Waals surface area (Å²) in [6, 6.07) is 23.8. The molecule has 0 saturated carbocycles. The molecule has 0 bridgehead atoms. The van der Waals surface area contributed by atoms with Crippen LogP contribution in [0.2, 0.25) is 0 Å². The van der Waals surface area contributed by atoms with Crippen LogP contribution in [0.1, 0.15) is 21.2 Å². The second-order valence-corrected chi connectivity index (χ2v) is 7.24. The topological polar surface area (TPSA) is 86.5 Å². The number of ketones is 1. The molecule has 146 valence electrons. The molecule has 1 unspecified atom stereocenters. The first kappa shape index (κ1) is 20.3. The lowest BCUT2D eigenvalue weighted by Crippen LogP contribution is -2.18. The van der Waals surface area contributed by atoms with E-state index >= 15 is 0 Å². The van der Waals surface area contributed by atoms with Gasteiger partial charge in [0.15, 0.2) is 12.4 Å². The number of rotatable bonds is 8. The molecule has 0 aliphatic rings. The minimum Gasteiger partial charge on any atom is -0.456 e. The maximum atomic E-state index is 12.7. The second-order valence-electron chi connectivity index (χ2n) is 6.06. The van der Waals surface area contributed by atoms with Crippen molar-refractivity contribution in [3.63, 3.8) is 0 Å². The Bertz CT molecular complexity index is 991. The standard InChI is InChI=1S/C22H17NO5S/c24-20(16-11-13-18(14-12-16)23(26)27)15-28-22(25)21(17-7-3-1-4-8-17)29-19-9-5-2-6-10-19/h1-14,21H,15H2. The van der Waals surface area contributed by atoms with Gasteiger partial charge in [-0.2, -0.15) is 0 Å². The SMILES string of the molecule is O=C(COC(=O)C(Sc1ccccc1)c1ccccc1)c1ccc([N+](=O)[O-])cc1. The third-order valence-corrected chi connectivity index (χ3v) is 5.30. The lowest BCUT2D eigenvalue weighted by atomic mass is 10.1. The van der Waals surface area contributed by atoms with Gasteiger partial charge < -0.3 is 4.74 Å². The largest absolute Gasteiger partial charge is 0.456 e. The Labute approximate surface area is 171 Å². The molecule has 6 nitrogen and oxygen atoms in total. The van der Waals surface area contributed by atoms with Crippen LogP contribution in [0, 0.1) is 10.1 Å². The number of hydrogen-bond acceptors (Lipinski definition) is 6. The predicted molar refractivity (Wildman–Crippen MR) is 110 cm³/mol. The molecular formula is C22H17NO5S. The molecule has 0 N–H and O–H groups in total. The number of esters is 1. The Balaban J connectivity index is 1.69. The number of non-ortho nitro benzene ring substituents is 1. The Morgan fingerprint density at radius 1 is 0.897 bits per heavy atom. The fraction of sp³-hybridized carbons (Fsp3) is 0.0909. The van der Waals surface area contributed by atoms with Crippen molar-refractivity contribution in [1.29, 1.82) is 0 Å². The van der Waals surface area contributed by atoms with Gasteiger partial charge in [-0.15, -0.1) is 11.8 Å². The number of nitrogens with zero attached hydrogens (tertiary/aromatic N) is 1. The van der Waals surface area contributed by atoms with Gasteiger partial charge in [-0.3, -0.25) is 19.7 Å². The third-order valence-electron chi connectivity index (χ3n) is 4.06. The highest BCUT2D eigenvalue weighted by Crippen LogP contribution is 2.36. The number of ether oxygens (including phenoxy) is 1. The van der Waals surface area contributed by atoms with E-state index in [9.17, 15) is 19.7 Å². The van der Waals surface area contributed by atoms with Crippen molar-refractivity contribution in [2.24, 2.45) is 0 Å². The number of nitro benzene ring substituents is 1. The van der Waals surface area contributed by atoms with Crippen LogP contribution in [-0.4, -0.2) is 23.3 Å². The van der Waals surface area contributed by atoms with Crippen molar-refractivity contribution in [3.8, 4) is 0 Å². The number of hydrogen-bond donors (Lipinski definition) is 0. The molecule has 0 saturated heterocycles. The highest BCUT2D eigenvalue weighted by atomic mass is 32.2. The summed E-state index contributed by atoms with van der Waals surface area (Å²) in [7, 11) is 0. The minimum absolute atomic E-state index is 0.109. The monoisotopic (exact) mass is 407 g/mol. The summed E-state index contributed by atoms with van der Waals surface area (Å²) in [6.07, 6.45) is 0. The zero-order valence-corrected chi connectivity index (χ0v) is 16.1. The van der Waals surface area contributed by atoms with E-state index in [2.05, 4.69) is 0 Å². The summed E-state index contributed by atoms with van der Waals surface area (Å²) in [6.45, 7) is -0.435. The minimum atomic E-state index is -0.622. The van der Waals surface area contributed by atoms with Crippen molar-refractivity contribution in [1.82, 2.24) is 0 Å². The van der Waals surface area contributed by atoms with E-state index in [1.54, 1.807) is 0 Å². The molecule has 0 amide bonds. The Hall–Kier alpha value is -3.45. The molecule has 29 heavy (non-hydrogen) atoms. The van der Waals surface area contributed by atoms with E-state index in [0.29, 0.717) is 0 Å². The van der Waals surface area contributed by atoms with E-state index in [4.69, 9.17) is 4.74 Å². The lowest BCUT2D eigenvalue weighted by molar-refractivity contribution is -0.384. The van der Waals surface area contributed by atoms with Gasteiger partial charge in [0, 0.05) is 22.6 Å². The first-order chi connectivity index (χ1) is 14.0. The normalized spacial score (nSPS) is 11.4. The van der Waals surface area contributed by atoms with Crippen LogP contribution in [0.25, 0.3) is 0 Å². The number of carbonyl (C=O) groups excluding carboxylic acids is 2. The van der Waals surface area contributed by atoms with E-state index in [1.807, 2.05) is 60.7 Å². The molecule has 0 aromatic heterocycles. The highest BCUT2D eigenvalue weighted by molar-refractivity contribution is 8.00. The Kier molecular flexibility index (Phi) is 6.76. The molecule has 3 aromatic rings. The molecule has 7 heteroatoms. The van der Waals surface area contributed by atoms with Crippen LogP contribution >= 0.6 is 11.8 Å². The van der Waals surface area contributed by atoms with Crippen molar-refractivity contribution >= 4 is 29.2 Å². The molecule has 3 rings (SSSR count). The van der Waals surface area contributed by atoms with Crippen LogP contribution in [0.4, 0.5) is 5.69 Å². The molecule has 3 aromatic carbocycles. The van der Waals surface area contributed by atoms with Crippen LogP contribution in [0.3, 0.4) is 0 Å². The first-order valence-corrected chi connectivity index (χ1v) is 9.63. The molecular weight excluding hydrogens is 390 g/mol. The lowest BCUT2D eigenvalue weighted by Gasteiger charge is -2.16. The van der Waals surface area contributed by atoms with Gasteiger partial charge in [0.05, 0.1) is 4.92 Å². The van der Waals surface area contributed by atoms with E-state index < -0.39 is 28.5 Å². The number of thioether (sulfide) groups is 1. The fourth-order valence-corrected chi connectivity index (χ4v) is 3.62. The van der Waals surface area contributed by atoms with Gasteiger partial charge in [0.2, 0.25) is 0 Å². The number of benzene rings is 3. The summed E-state index contributed by atoms with van der Waals surface area (Å²) in [5.41, 5.74) is 0.909. The van der Waals surface area contributed by atoms with E-state index in [1.165, 1.54) is 36.0 Å². The predicted octanol–water partition coefficient (Wildman–Crippen LogP) is 4.85. The summed E-state index contributed by atoms with van der Waals surface area (Å²) >= 11 is 1.34. The first-order valence-electron chi connectivity index (χ1n) is 8.75. The van der Waals surface area contributed by atoms with Crippen LogP contribution in [0.15, 0.2) is 89.8 Å². The van der Waals surface area contributed by atoms with Gasteiger partial charge in [0.25, 0.3) is 5.69 Å². The molecule has 0 aliphatic carbocycles. The van der Waals surface area contributed by atoms with Crippen molar-refractivity contribution < 1.29 is 19.2 Å². The smallest absolute Gasteiger partial charge is 0.324 e. The third kappa shape index (κ3) is 5.52. The average Bonchev–Trinajstić information content (AvgIpc) is 2.77. The molecule has 0 spiro atoms. The summed E-state index contributed by atoms with van der Waals surface area (Å²) in [5.74, 6) is -0.954. The molecule has 0 radical (unpaired) electrons. The Morgan fingerprint density at radius 2 is 1.48 bits per heavy atom. The van der Waals surface area contributed by atoms with Crippen LogP contribution in [-0.2, 0) is 9.53 Å². The molecule has 0 fully saturated rings. The number of Topliss-reactive ketones (excluding diaryl/α,β-unsaturated/α-hetero) is 1. The van der Waals surface area contributed by atoms with Gasteiger partial charge in [-0.05, 0) is 29.8 Å². The van der Waals surface area contributed by atoms with Crippen molar-refractivity contribution in [2.45, 2.75) is 10.1 Å². The Morgan fingerprint density at radius 3 is 2.07 bits per heavy atom. The zero-order valence-electron chi connectivity index (χ0n) is 15.3. The van der Waals surface area contributed by atoms with Crippen LogP contribution in [0.5, 0.6) is 0 Å². The van der Waals surface area contributed by atoms with Crippen molar-refractivity contribution in [3.05, 3.63) is 106 Å². The molecule has 0 heterocycles. The maximum absolute atomic E-state index is 12.7. The van der Waals surface area contributed by atoms with Crippen molar-refractivity contribution in [2.75, 3.05) is 6.61 Å². The second kappa shape index (κ2) is 9.66. The van der Waals surface area contributed by atoms with Gasteiger partial charge in [0.1, 0.15) is 5.25 Å². The van der Waals surface area contributed by atoms with Gasteiger partial charge in [-0.1, -0.05) is 48.5 Å². The van der Waals surface area contributed by atoms with Gasteiger partial charge in [-0.25, -0.2) is 0 Å². The van der Waals surface area contributed by atoms with Crippen LogP contribution < -0.4 is 0 Å². The maximum Gasteiger partial charge on any atom is 0.324 e. The van der Waals surface area contributed by atoms with E-state index in [0.717, 1.165) is 10.5 Å². The summed E-state index contributed by atoms with van der Waals surface area (Å²) < 4.78 is 5.28. The average molecular weight is 407 g/mol.